The molecule has 2 aromatic carbocycles. The maximum atomic E-state index is 13.3. The number of hydrogen-bond donors (Lipinski definition) is 1. The second-order valence-corrected chi connectivity index (χ2v) is 8.96. The summed E-state index contributed by atoms with van der Waals surface area (Å²) in [6.07, 6.45) is 0. The highest BCUT2D eigenvalue weighted by atomic mass is 32.1. The van der Waals surface area contributed by atoms with Gasteiger partial charge in [-0.25, -0.2) is 0 Å². The smallest absolute Gasteiger partial charge is 0.300 e. The maximum Gasteiger partial charge on any atom is 0.300 e. The number of aryl methyl sites for hydroxylation is 2. The Bertz CT molecular complexity index is 1260. The minimum Gasteiger partial charge on any atom is -0.507 e. The lowest BCUT2D eigenvalue weighted by Gasteiger charge is -2.25. The van der Waals surface area contributed by atoms with Crippen LogP contribution in [0.2, 0.25) is 0 Å². The fourth-order valence-corrected chi connectivity index (χ4v) is 4.89. The first-order chi connectivity index (χ1) is 16.4. The second-order valence-electron chi connectivity index (χ2n) is 7.98. The van der Waals surface area contributed by atoms with Gasteiger partial charge in [-0.05, 0) is 74.5 Å². The zero-order valence-electron chi connectivity index (χ0n) is 19.6. The SMILES string of the molecule is CCOc1ccc(/C(O)=C2/C(=O)C(=O)N(c3ccc(C)c(C)c3)C2c2cccs2)c(OCC)c1. The predicted octanol–water partition coefficient (Wildman–Crippen LogP) is 5.79. The van der Waals surface area contributed by atoms with Crippen LogP contribution < -0.4 is 14.4 Å². The summed E-state index contributed by atoms with van der Waals surface area (Å²) in [5.41, 5.74) is 3.08. The van der Waals surface area contributed by atoms with Gasteiger partial charge in [0.15, 0.2) is 0 Å². The second kappa shape index (κ2) is 9.73. The lowest BCUT2D eigenvalue weighted by molar-refractivity contribution is -0.132. The highest BCUT2D eigenvalue weighted by molar-refractivity contribution is 7.10. The van der Waals surface area contributed by atoms with Crippen molar-refractivity contribution >= 4 is 34.5 Å². The van der Waals surface area contributed by atoms with Crippen LogP contribution in [-0.4, -0.2) is 30.0 Å². The fraction of sp³-hybridized carbons (Fsp3) is 0.259. The van der Waals surface area contributed by atoms with E-state index in [0.717, 1.165) is 16.0 Å². The van der Waals surface area contributed by atoms with Crippen molar-refractivity contribution in [3.05, 3.63) is 81.1 Å². The molecule has 1 saturated heterocycles. The quantitative estimate of drug-likeness (QED) is 0.265. The molecule has 3 aromatic rings. The third kappa shape index (κ3) is 4.19. The number of hydrogen-bond acceptors (Lipinski definition) is 6. The average molecular weight is 478 g/mol. The molecule has 2 heterocycles. The molecular weight excluding hydrogens is 450 g/mol. The molecular formula is C27H27NO5S. The summed E-state index contributed by atoms with van der Waals surface area (Å²) in [5, 5.41) is 13.3. The number of aliphatic hydroxyl groups excluding tert-OH is 1. The first-order valence-corrected chi connectivity index (χ1v) is 12.1. The molecule has 0 spiro atoms. The highest BCUT2D eigenvalue weighted by Gasteiger charge is 2.47. The molecule has 0 bridgehead atoms. The number of ether oxygens (including phenoxy) is 2. The number of carbonyl (C=O) groups excluding carboxylic acids is 2. The summed E-state index contributed by atoms with van der Waals surface area (Å²) in [7, 11) is 0. The summed E-state index contributed by atoms with van der Waals surface area (Å²) in [6.45, 7) is 8.51. The van der Waals surface area contributed by atoms with Crippen LogP contribution in [-0.2, 0) is 9.59 Å². The molecule has 1 atom stereocenters. The number of nitrogens with zero attached hydrogens (tertiary/aromatic N) is 1. The number of ketones is 1. The van der Waals surface area contributed by atoms with E-state index < -0.39 is 17.7 Å². The molecule has 1 fully saturated rings. The standard InChI is InChI=1S/C27H27NO5S/c1-5-32-19-11-12-20(21(15-19)33-6-2)25(29)23-24(22-8-7-13-34-22)28(27(31)26(23)30)18-10-9-16(3)17(4)14-18/h7-15,24,29H,5-6H2,1-4H3/b25-23-. The van der Waals surface area contributed by atoms with Gasteiger partial charge in [-0.1, -0.05) is 12.1 Å². The first kappa shape index (κ1) is 23.6. The van der Waals surface area contributed by atoms with E-state index in [1.807, 2.05) is 63.4 Å². The van der Waals surface area contributed by atoms with Crippen molar-refractivity contribution in [3.8, 4) is 11.5 Å². The Labute approximate surface area is 203 Å². The minimum atomic E-state index is -0.747. The van der Waals surface area contributed by atoms with E-state index in [-0.39, 0.29) is 11.3 Å². The van der Waals surface area contributed by atoms with Gasteiger partial charge in [-0.2, -0.15) is 0 Å². The van der Waals surface area contributed by atoms with E-state index in [4.69, 9.17) is 9.47 Å². The van der Waals surface area contributed by atoms with Crippen LogP contribution in [0.25, 0.3) is 5.76 Å². The van der Waals surface area contributed by atoms with Gasteiger partial charge >= 0.3 is 0 Å². The van der Waals surface area contributed by atoms with Crippen molar-refractivity contribution in [1.29, 1.82) is 0 Å². The molecule has 0 aliphatic carbocycles. The van der Waals surface area contributed by atoms with Crippen molar-refractivity contribution in [2.45, 2.75) is 33.7 Å². The zero-order chi connectivity index (χ0) is 24.4. The number of carbonyl (C=O) groups is 2. The number of anilines is 1. The van der Waals surface area contributed by atoms with Gasteiger partial charge in [-0.3, -0.25) is 14.5 Å². The van der Waals surface area contributed by atoms with Crippen LogP contribution in [0, 0.1) is 13.8 Å². The van der Waals surface area contributed by atoms with Crippen LogP contribution in [0.15, 0.2) is 59.5 Å². The molecule has 34 heavy (non-hydrogen) atoms. The Hall–Kier alpha value is -3.58. The van der Waals surface area contributed by atoms with Crippen molar-refractivity contribution in [2.24, 2.45) is 0 Å². The number of Topliss-reactive ketones (excluding diaryl/α,β-unsaturated/α-hetero) is 1. The Morgan fingerprint density at radius 3 is 2.41 bits per heavy atom. The van der Waals surface area contributed by atoms with E-state index in [2.05, 4.69) is 0 Å². The Morgan fingerprint density at radius 1 is 1.00 bits per heavy atom. The van der Waals surface area contributed by atoms with Gasteiger partial charge in [-0.15, -0.1) is 11.3 Å². The Kier molecular flexibility index (Phi) is 6.75. The van der Waals surface area contributed by atoms with Crippen LogP contribution in [0.3, 0.4) is 0 Å². The summed E-state index contributed by atoms with van der Waals surface area (Å²) >= 11 is 1.43. The highest BCUT2D eigenvalue weighted by Crippen LogP contribution is 2.45. The van der Waals surface area contributed by atoms with E-state index in [0.29, 0.717) is 36.0 Å². The lowest BCUT2D eigenvalue weighted by atomic mass is 9.99. The molecule has 1 unspecified atom stereocenters. The monoisotopic (exact) mass is 477 g/mol. The van der Waals surface area contributed by atoms with Gasteiger partial charge in [0.2, 0.25) is 0 Å². The predicted molar refractivity (Wildman–Crippen MR) is 134 cm³/mol. The van der Waals surface area contributed by atoms with Crippen molar-refractivity contribution in [1.82, 2.24) is 0 Å². The van der Waals surface area contributed by atoms with E-state index in [9.17, 15) is 14.7 Å². The molecule has 1 N–H and O–H groups in total. The van der Waals surface area contributed by atoms with Gasteiger partial charge in [0.05, 0.1) is 24.4 Å². The van der Waals surface area contributed by atoms with Gasteiger partial charge in [0, 0.05) is 16.6 Å². The molecule has 1 aliphatic rings. The average Bonchev–Trinajstić information content (AvgIpc) is 3.43. The Morgan fingerprint density at radius 2 is 1.76 bits per heavy atom. The molecule has 7 heteroatoms. The van der Waals surface area contributed by atoms with Gasteiger partial charge < -0.3 is 14.6 Å². The molecule has 6 nitrogen and oxygen atoms in total. The summed E-state index contributed by atoms with van der Waals surface area (Å²) in [4.78, 5) is 28.9. The van der Waals surface area contributed by atoms with E-state index >= 15 is 0 Å². The van der Waals surface area contributed by atoms with Crippen LogP contribution >= 0.6 is 11.3 Å². The maximum absolute atomic E-state index is 13.3. The van der Waals surface area contributed by atoms with Crippen molar-refractivity contribution < 1.29 is 24.2 Å². The third-order valence-corrected chi connectivity index (χ3v) is 6.77. The summed E-state index contributed by atoms with van der Waals surface area (Å²) in [5.74, 6) is -0.701. The van der Waals surface area contributed by atoms with E-state index in [1.165, 1.54) is 16.2 Å². The van der Waals surface area contributed by atoms with Crippen molar-refractivity contribution in [3.63, 3.8) is 0 Å². The Balaban J connectivity index is 1.91. The molecule has 0 saturated carbocycles. The van der Waals surface area contributed by atoms with Gasteiger partial charge in [0.25, 0.3) is 11.7 Å². The lowest BCUT2D eigenvalue weighted by Crippen LogP contribution is -2.29. The molecule has 1 aliphatic heterocycles. The topological polar surface area (TPSA) is 76.1 Å². The van der Waals surface area contributed by atoms with Crippen LogP contribution in [0.4, 0.5) is 5.69 Å². The normalized spacial score (nSPS) is 17.3. The van der Waals surface area contributed by atoms with Crippen LogP contribution in [0.5, 0.6) is 11.5 Å². The number of rotatable bonds is 7. The zero-order valence-corrected chi connectivity index (χ0v) is 20.4. The minimum absolute atomic E-state index is 0.0378. The third-order valence-electron chi connectivity index (χ3n) is 5.84. The van der Waals surface area contributed by atoms with Gasteiger partial charge in [0.1, 0.15) is 23.3 Å². The van der Waals surface area contributed by atoms with E-state index in [1.54, 1.807) is 18.2 Å². The molecule has 4 rings (SSSR count). The largest absolute Gasteiger partial charge is 0.507 e. The number of benzene rings is 2. The number of amides is 1. The molecule has 176 valence electrons. The number of thiophene rings is 1. The summed E-state index contributed by atoms with van der Waals surface area (Å²) < 4.78 is 11.3. The molecule has 1 amide bonds. The van der Waals surface area contributed by atoms with Crippen LogP contribution in [0.1, 0.15) is 41.5 Å². The molecule has 1 aromatic heterocycles. The number of aliphatic hydroxyl groups is 1. The molecule has 0 radical (unpaired) electrons. The first-order valence-electron chi connectivity index (χ1n) is 11.2. The summed E-state index contributed by atoms with van der Waals surface area (Å²) in [6, 6.07) is 13.7. The van der Waals surface area contributed by atoms with Crippen molar-refractivity contribution in [2.75, 3.05) is 18.1 Å². The fourth-order valence-electron chi connectivity index (χ4n) is 4.07.